The van der Waals surface area contributed by atoms with Crippen LogP contribution in [0.3, 0.4) is 0 Å². The summed E-state index contributed by atoms with van der Waals surface area (Å²) < 4.78 is 65.1. The molecule has 1 aromatic heterocycles. The van der Waals surface area contributed by atoms with E-state index in [0.29, 0.717) is 5.69 Å². The number of benzene rings is 1. The molecule has 1 amide bonds. The molecule has 1 aliphatic rings. The van der Waals surface area contributed by atoms with Crippen molar-refractivity contribution in [3.05, 3.63) is 53.1 Å². The number of carbonyl (C=O) groups is 1. The molecule has 1 aliphatic heterocycles. The predicted molar refractivity (Wildman–Crippen MR) is 97.5 cm³/mol. The van der Waals surface area contributed by atoms with E-state index in [1.54, 1.807) is 0 Å². The van der Waals surface area contributed by atoms with E-state index in [0.717, 1.165) is 13.0 Å². The Morgan fingerprint density at radius 3 is 2.55 bits per heavy atom. The summed E-state index contributed by atoms with van der Waals surface area (Å²) >= 11 is 5.92. The molecule has 0 spiro atoms. The molecular formula is C19H17ClF4N2O3. The number of nitrogens with one attached hydrogen (secondary N) is 1. The van der Waals surface area contributed by atoms with Gasteiger partial charge in [-0.1, -0.05) is 17.7 Å². The van der Waals surface area contributed by atoms with Crippen molar-refractivity contribution in [1.29, 1.82) is 0 Å². The highest BCUT2D eigenvalue weighted by atomic mass is 35.5. The number of methoxy groups -OCH3 is 1. The van der Waals surface area contributed by atoms with E-state index in [-0.39, 0.29) is 16.3 Å². The minimum Gasteiger partial charge on any atom is -0.495 e. The van der Waals surface area contributed by atoms with Crippen molar-refractivity contribution in [2.75, 3.05) is 12.4 Å². The molecule has 1 N–H and O–H groups in total. The molecule has 1 fully saturated rings. The van der Waals surface area contributed by atoms with Crippen molar-refractivity contribution in [3.63, 3.8) is 0 Å². The van der Waals surface area contributed by atoms with Crippen LogP contribution >= 0.6 is 11.6 Å². The van der Waals surface area contributed by atoms with E-state index in [1.165, 1.54) is 37.7 Å². The van der Waals surface area contributed by atoms with Gasteiger partial charge in [-0.05, 0) is 31.5 Å². The van der Waals surface area contributed by atoms with Crippen LogP contribution < -0.4 is 10.1 Å². The number of hydrogen-bond donors (Lipinski definition) is 1. The van der Waals surface area contributed by atoms with Crippen molar-refractivity contribution >= 4 is 23.2 Å². The first kappa shape index (κ1) is 21.3. The highest BCUT2D eigenvalue weighted by molar-refractivity contribution is 6.32. The molecule has 3 atom stereocenters. The molecule has 1 saturated heterocycles. The second-order valence-corrected chi connectivity index (χ2v) is 7.16. The van der Waals surface area contributed by atoms with Crippen LogP contribution in [0.4, 0.5) is 23.2 Å². The van der Waals surface area contributed by atoms with Gasteiger partial charge in [0.25, 0.3) is 5.91 Å². The second kappa shape index (κ2) is 7.79. The Morgan fingerprint density at radius 2 is 1.97 bits per heavy atom. The number of halogens is 5. The van der Waals surface area contributed by atoms with Gasteiger partial charge in [0.15, 0.2) is 5.60 Å². The first-order valence-electron chi connectivity index (χ1n) is 8.54. The molecule has 0 saturated carbocycles. The number of amides is 1. The zero-order valence-electron chi connectivity index (χ0n) is 15.4. The van der Waals surface area contributed by atoms with E-state index >= 15 is 0 Å². The summed E-state index contributed by atoms with van der Waals surface area (Å²) in [5.41, 5.74) is -2.08. The topological polar surface area (TPSA) is 60.5 Å². The van der Waals surface area contributed by atoms with Crippen molar-refractivity contribution in [1.82, 2.24) is 4.98 Å². The summed E-state index contributed by atoms with van der Waals surface area (Å²) in [7, 11) is 1.22. The predicted octanol–water partition coefficient (Wildman–Crippen LogP) is 4.71. The fraction of sp³-hybridized carbons (Fsp3) is 0.368. The summed E-state index contributed by atoms with van der Waals surface area (Å²) in [6, 6.07) is 5.24. The minimum absolute atomic E-state index is 0.131. The lowest BCUT2D eigenvalue weighted by Gasteiger charge is -2.27. The zero-order valence-corrected chi connectivity index (χ0v) is 16.1. The highest BCUT2D eigenvalue weighted by Gasteiger charge is 2.61. The van der Waals surface area contributed by atoms with Gasteiger partial charge in [-0.15, -0.1) is 0 Å². The average molecular weight is 433 g/mol. The summed E-state index contributed by atoms with van der Waals surface area (Å²) in [4.78, 5) is 16.6. The molecule has 10 heteroatoms. The van der Waals surface area contributed by atoms with Crippen molar-refractivity contribution in [3.8, 4) is 5.75 Å². The third-order valence-corrected chi connectivity index (χ3v) is 5.20. The van der Waals surface area contributed by atoms with Crippen LogP contribution in [0.5, 0.6) is 5.75 Å². The number of hydrogen-bond acceptors (Lipinski definition) is 4. The molecule has 5 nitrogen and oxygen atoms in total. The van der Waals surface area contributed by atoms with E-state index in [1.807, 2.05) is 0 Å². The van der Waals surface area contributed by atoms with Gasteiger partial charge in [0.1, 0.15) is 22.7 Å². The number of anilines is 1. The monoisotopic (exact) mass is 432 g/mol. The van der Waals surface area contributed by atoms with Gasteiger partial charge in [0.2, 0.25) is 0 Å². The van der Waals surface area contributed by atoms with Crippen molar-refractivity contribution in [2.24, 2.45) is 0 Å². The first-order chi connectivity index (χ1) is 13.6. The maximum absolute atomic E-state index is 13.8. The molecule has 3 rings (SSSR count). The molecule has 3 unspecified atom stereocenters. The van der Waals surface area contributed by atoms with Gasteiger partial charge in [-0.2, -0.15) is 13.2 Å². The summed E-state index contributed by atoms with van der Waals surface area (Å²) in [5, 5.41) is 2.14. The maximum atomic E-state index is 13.8. The van der Waals surface area contributed by atoms with Gasteiger partial charge in [0, 0.05) is 29.6 Å². The number of nitrogens with zero attached hydrogens (tertiary/aromatic N) is 1. The first-order valence-corrected chi connectivity index (χ1v) is 8.92. The summed E-state index contributed by atoms with van der Waals surface area (Å²) in [5.74, 6) is -2.77. The molecule has 29 heavy (non-hydrogen) atoms. The second-order valence-electron chi connectivity index (χ2n) is 6.79. The molecule has 156 valence electrons. The Bertz CT molecular complexity index is 910. The fourth-order valence-electron chi connectivity index (χ4n) is 3.32. The Morgan fingerprint density at radius 1 is 1.31 bits per heavy atom. The van der Waals surface area contributed by atoms with Crippen molar-refractivity contribution in [2.45, 2.75) is 37.1 Å². The lowest BCUT2D eigenvalue weighted by atomic mass is 9.86. The lowest BCUT2D eigenvalue weighted by molar-refractivity contribution is -0.261. The van der Waals surface area contributed by atoms with Crippen LogP contribution in [-0.2, 0) is 9.53 Å². The standard InChI is InChI=1S/C19H17ClF4N2O3/c1-18(19(22,23)24)9-12(11-3-4-13(21)14(20)15(11)28-2)16(29-18)17(27)26-10-5-7-25-8-6-10/h3-8,12,16H,9H2,1-2H3,(H,25,26,27). The Kier molecular flexibility index (Phi) is 5.73. The highest BCUT2D eigenvalue weighted by Crippen LogP contribution is 2.52. The minimum atomic E-state index is -4.73. The van der Waals surface area contributed by atoms with Crippen LogP contribution in [0.15, 0.2) is 36.7 Å². The SMILES string of the molecule is COc1c(C2CC(C)(C(F)(F)F)OC2C(=O)Nc2ccncc2)ccc(F)c1Cl. The number of aromatic nitrogens is 1. The third-order valence-electron chi connectivity index (χ3n) is 4.85. The van der Waals surface area contributed by atoms with Crippen LogP contribution in [0.25, 0.3) is 0 Å². The number of carbonyl (C=O) groups excluding carboxylic acids is 1. The lowest BCUT2D eigenvalue weighted by Crippen LogP contribution is -2.43. The van der Waals surface area contributed by atoms with E-state index in [9.17, 15) is 22.4 Å². The molecular weight excluding hydrogens is 416 g/mol. The maximum Gasteiger partial charge on any atom is 0.417 e. The quantitative estimate of drug-likeness (QED) is 0.710. The zero-order chi connectivity index (χ0) is 21.4. The molecule has 2 aromatic rings. The molecule has 0 bridgehead atoms. The summed E-state index contributed by atoms with van der Waals surface area (Å²) in [6.07, 6.45) is -3.96. The van der Waals surface area contributed by atoms with E-state index in [2.05, 4.69) is 10.3 Å². The Labute approximate surface area is 169 Å². The normalized spacial score (nSPS) is 24.4. The molecule has 1 aromatic carbocycles. The molecule has 2 heterocycles. The average Bonchev–Trinajstić information content (AvgIpc) is 3.03. The van der Waals surface area contributed by atoms with Crippen molar-refractivity contribution < 1.29 is 31.8 Å². The summed E-state index contributed by atoms with van der Waals surface area (Å²) in [6.45, 7) is 0.872. The fourth-order valence-corrected chi connectivity index (χ4v) is 3.57. The number of ether oxygens (including phenoxy) is 2. The van der Waals surface area contributed by atoms with Gasteiger partial charge < -0.3 is 14.8 Å². The third kappa shape index (κ3) is 4.02. The number of pyridine rings is 1. The smallest absolute Gasteiger partial charge is 0.417 e. The van der Waals surface area contributed by atoms with Crippen LogP contribution in [0.2, 0.25) is 5.02 Å². The number of rotatable bonds is 4. The van der Waals surface area contributed by atoms with Gasteiger partial charge >= 0.3 is 6.18 Å². The van der Waals surface area contributed by atoms with E-state index in [4.69, 9.17) is 21.1 Å². The van der Waals surface area contributed by atoms with Gasteiger partial charge in [0.05, 0.1) is 7.11 Å². The van der Waals surface area contributed by atoms with Gasteiger partial charge in [-0.3, -0.25) is 9.78 Å². The van der Waals surface area contributed by atoms with Crippen LogP contribution in [0.1, 0.15) is 24.8 Å². The molecule has 0 radical (unpaired) electrons. The van der Waals surface area contributed by atoms with Gasteiger partial charge in [-0.25, -0.2) is 4.39 Å². The van der Waals surface area contributed by atoms with Crippen LogP contribution in [0, 0.1) is 5.82 Å². The van der Waals surface area contributed by atoms with Crippen LogP contribution in [-0.4, -0.2) is 35.9 Å². The largest absolute Gasteiger partial charge is 0.495 e. The van der Waals surface area contributed by atoms with E-state index < -0.39 is 41.9 Å². The number of alkyl halides is 3. The Balaban J connectivity index is 2.02. The molecule has 0 aliphatic carbocycles. The Hall–Kier alpha value is -2.39.